The van der Waals surface area contributed by atoms with Crippen molar-refractivity contribution in [2.24, 2.45) is 0 Å². The minimum absolute atomic E-state index is 0.0463. The highest BCUT2D eigenvalue weighted by Crippen LogP contribution is 2.32. The molecule has 25 heavy (non-hydrogen) atoms. The summed E-state index contributed by atoms with van der Waals surface area (Å²) in [5.74, 6) is -1.02. The quantitative estimate of drug-likeness (QED) is 0.907. The van der Waals surface area contributed by atoms with Crippen molar-refractivity contribution in [2.75, 3.05) is 26.2 Å². The molecule has 0 spiro atoms. The average molecular weight is 342 g/mol. The maximum absolute atomic E-state index is 14.5. The Kier molecular flexibility index (Phi) is 5.46. The van der Waals surface area contributed by atoms with E-state index in [-0.39, 0.29) is 24.4 Å². The SMILES string of the molecule is CC1CN([C@@H](c2ccccc2)c2ccccc2F)CCN1CC(=O)O. The van der Waals surface area contributed by atoms with Crippen LogP contribution in [0, 0.1) is 5.82 Å². The van der Waals surface area contributed by atoms with E-state index < -0.39 is 5.97 Å². The van der Waals surface area contributed by atoms with E-state index >= 15 is 0 Å². The maximum Gasteiger partial charge on any atom is 0.317 e. The van der Waals surface area contributed by atoms with E-state index in [1.807, 2.05) is 54.3 Å². The van der Waals surface area contributed by atoms with Crippen molar-refractivity contribution in [1.82, 2.24) is 9.80 Å². The maximum atomic E-state index is 14.5. The number of benzene rings is 2. The Morgan fingerprint density at radius 3 is 2.48 bits per heavy atom. The van der Waals surface area contributed by atoms with Gasteiger partial charge in [-0.1, -0.05) is 48.5 Å². The van der Waals surface area contributed by atoms with Gasteiger partial charge in [0.25, 0.3) is 0 Å². The molecule has 4 nitrogen and oxygen atoms in total. The van der Waals surface area contributed by atoms with E-state index in [0.717, 1.165) is 5.56 Å². The molecule has 0 amide bonds. The number of hydrogen-bond acceptors (Lipinski definition) is 3. The summed E-state index contributed by atoms with van der Waals surface area (Å²) in [6.45, 7) is 4.13. The Balaban J connectivity index is 1.89. The van der Waals surface area contributed by atoms with Gasteiger partial charge >= 0.3 is 5.97 Å². The summed E-state index contributed by atoms with van der Waals surface area (Å²) in [7, 11) is 0. The van der Waals surface area contributed by atoms with Crippen molar-refractivity contribution < 1.29 is 14.3 Å². The highest BCUT2D eigenvalue weighted by atomic mass is 19.1. The molecule has 2 aromatic carbocycles. The number of carboxylic acid groups (broad SMARTS) is 1. The van der Waals surface area contributed by atoms with E-state index in [9.17, 15) is 9.18 Å². The molecule has 132 valence electrons. The summed E-state index contributed by atoms with van der Waals surface area (Å²) >= 11 is 0. The molecule has 1 aliphatic rings. The Labute approximate surface area is 147 Å². The van der Waals surface area contributed by atoms with Crippen LogP contribution in [0.1, 0.15) is 24.1 Å². The molecule has 1 fully saturated rings. The van der Waals surface area contributed by atoms with Gasteiger partial charge in [-0.15, -0.1) is 0 Å². The number of nitrogens with zero attached hydrogens (tertiary/aromatic N) is 2. The minimum Gasteiger partial charge on any atom is -0.480 e. The van der Waals surface area contributed by atoms with Crippen LogP contribution in [0.15, 0.2) is 54.6 Å². The Morgan fingerprint density at radius 1 is 1.16 bits per heavy atom. The summed E-state index contributed by atoms with van der Waals surface area (Å²) in [6, 6.07) is 16.7. The molecule has 0 aromatic heterocycles. The average Bonchev–Trinajstić information content (AvgIpc) is 2.60. The number of aliphatic carboxylic acids is 1. The molecule has 2 aromatic rings. The molecular formula is C20H23FN2O2. The summed E-state index contributed by atoms with van der Waals surface area (Å²) in [4.78, 5) is 15.2. The van der Waals surface area contributed by atoms with Gasteiger partial charge in [-0.3, -0.25) is 14.6 Å². The van der Waals surface area contributed by atoms with Gasteiger partial charge in [0, 0.05) is 31.2 Å². The van der Waals surface area contributed by atoms with Crippen LogP contribution < -0.4 is 0 Å². The normalized spacial score (nSPS) is 20.3. The van der Waals surface area contributed by atoms with Crippen LogP contribution in [0.3, 0.4) is 0 Å². The summed E-state index contributed by atoms with van der Waals surface area (Å²) in [6.07, 6.45) is 0. The summed E-state index contributed by atoms with van der Waals surface area (Å²) in [5.41, 5.74) is 1.71. The predicted molar refractivity (Wildman–Crippen MR) is 94.9 cm³/mol. The zero-order chi connectivity index (χ0) is 17.8. The van der Waals surface area contributed by atoms with E-state index in [0.29, 0.717) is 25.2 Å². The largest absolute Gasteiger partial charge is 0.480 e. The number of halogens is 1. The topological polar surface area (TPSA) is 43.8 Å². The van der Waals surface area contributed by atoms with Crippen LogP contribution in [0.5, 0.6) is 0 Å². The lowest BCUT2D eigenvalue weighted by molar-refractivity contribution is -0.139. The molecule has 0 radical (unpaired) electrons. The summed E-state index contributed by atoms with van der Waals surface area (Å²) in [5, 5.41) is 9.05. The molecule has 0 saturated carbocycles. The molecule has 1 heterocycles. The third-order valence-corrected chi connectivity index (χ3v) is 4.82. The Bertz CT molecular complexity index is 723. The Hall–Kier alpha value is -2.24. The van der Waals surface area contributed by atoms with Gasteiger partial charge in [0.2, 0.25) is 0 Å². The van der Waals surface area contributed by atoms with Gasteiger partial charge in [0.15, 0.2) is 0 Å². The number of piperazine rings is 1. The zero-order valence-electron chi connectivity index (χ0n) is 14.3. The van der Waals surface area contributed by atoms with Crippen molar-refractivity contribution >= 4 is 5.97 Å². The van der Waals surface area contributed by atoms with Crippen molar-refractivity contribution in [3.05, 3.63) is 71.5 Å². The number of rotatable bonds is 5. The van der Waals surface area contributed by atoms with Crippen LogP contribution in [0.2, 0.25) is 0 Å². The molecule has 0 aliphatic carbocycles. The summed E-state index contributed by atoms with van der Waals surface area (Å²) < 4.78 is 14.5. The predicted octanol–water partition coefficient (Wildman–Crippen LogP) is 3.01. The number of hydrogen-bond donors (Lipinski definition) is 1. The van der Waals surface area contributed by atoms with Crippen LogP contribution in [-0.2, 0) is 4.79 Å². The standard InChI is InChI=1S/C20H23FN2O2/c1-15-13-23(12-11-22(15)14-19(24)25)20(16-7-3-2-4-8-16)17-9-5-6-10-18(17)21/h2-10,15,20H,11-14H2,1H3,(H,24,25)/t15?,20-/m0/s1. The molecule has 1 aliphatic heterocycles. The molecule has 1 unspecified atom stereocenters. The first-order chi connectivity index (χ1) is 12.1. The van der Waals surface area contributed by atoms with E-state index in [1.165, 1.54) is 6.07 Å². The second-order valence-corrected chi connectivity index (χ2v) is 6.54. The molecule has 5 heteroatoms. The monoisotopic (exact) mass is 342 g/mol. The third kappa shape index (κ3) is 4.06. The first-order valence-corrected chi connectivity index (χ1v) is 8.55. The van der Waals surface area contributed by atoms with Gasteiger partial charge in [0.1, 0.15) is 5.82 Å². The number of carbonyl (C=O) groups is 1. The molecule has 3 rings (SSSR count). The zero-order valence-corrected chi connectivity index (χ0v) is 14.3. The van der Waals surface area contributed by atoms with Crippen molar-refractivity contribution in [1.29, 1.82) is 0 Å². The van der Waals surface area contributed by atoms with E-state index in [2.05, 4.69) is 4.90 Å². The molecule has 0 bridgehead atoms. The number of carboxylic acids is 1. The lowest BCUT2D eigenvalue weighted by Crippen LogP contribution is -2.54. The lowest BCUT2D eigenvalue weighted by atomic mass is 9.95. The van der Waals surface area contributed by atoms with Crippen LogP contribution in [0.4, 0.5) is 4.39 Å². The van der Waals surface area contributed by atoms with Crippen LogP contribution in [-0.4, -0.2) is 53.1 Å². The van der Waals surface area contributed by atoms with Crippen LogP contribution >= 0.6 is 0 Å². The molecule has 2 atom stereocenters. The van der Waals surface area contributed by atoms with Gasteiger partial charge in [0.05, 0.1) is 12.6 Å². The molecule has 1 N–H and O–H groups in total. The highest BCUT2D eigenvalue weighted by Gasteiger charge is 2.31. The lowest BCUT2D eigenvalue weighted by Gasteiger charge is -2.43. The first-order valence-electron chi connectivity index (χ1n) is 8.55. The first kappa shape index (κ1) is 17.6. The van der Waals surface area contributed by atoms with Crippen LogP contribution in [0.25, 0.3) is 0 Å². The second kappa shape index (κ2) is 7.76. The third-order valence-electron chi connectivity index (χ3n) is 4.82. The van der Waals surface area contributed by atoms with Crippen molar-refractivity contribution in [3.63, 3.8) is 0 Å². The molecular weight excluding hydrogens is 319 g/mol. The highest BCUT2D eigenvalue weighted by molar-refractivity contribution is 5.69. The van der Waals surface area contributed by atoms with Crippen molar-refractivity contribution in [2.45, 2.75) is 19.0 Å². The fraction of sp³-hybridized carbons (Fsp3) is 0.350. The van der Waals surface area contributed by atoms with Crippen molar-refractivity contribution in [3.8, 4) is 0 Å². The van der Waals surface area contributed by atoms with Gasteiger partial charge < -0.3 is 5.11 Å². The van der Waals surface area contributed by atoms with E-state index in [1.54, 1.807) is 6.07 Å². The fourth-order valence-electron chi connectivity index (χ4n) is 3.59. The van der Waals surface area contributed by atoms with Gasteiger partial charge in [-0.25, -0.2) is 4.39 Å². The van der Waals surface area contributed by atoms with E-state index in [4.69, 9.17) is 5.11 Å². The molecule has 1 saturated heterocycles. The van der Waals surface area contributed by atoms with Gasteiger partial charge in [-0.2, -0.15) is 0 Å². The minimum atomic E-state index is -0.811. The van der Waals surface area contributed by atoms with Gasteiger partial charge in [-0.05, 0) is 18.6 Å². The smallest absolute Gasteiger partial charge is 0.317 e. The second-order valence-electron chi connectivity index (χ2n) is 6.54. The Morgan fingerprint density at radius 2 is 1.84 bits per heavy atom. The fourth-order valence-corrected chi connectivity index (χ4v) is 3.59.